The summed E-state index contributed by atoms with van der Waals surface area (Å²) in [6, 6.07) is 0. The molecule has 1 N–H and O–H groups in total. The number of alkyl halides is 1. The highest BCUT2D eigenvalue weighted by molar-refractivity contribution is 4.71. The van der Waals surface area contributed by atoms with Crippen LogP contribution in [0.2, 0.25) is 0 Å². The topological polar surface area (TPSA) is 20.2 Å². The van der Waals surface area contributed by atoms with E-state index in [4.69, 9.17) is 5.11 Å². The number of halogens is 1. The SMILES string of the molecule is C[C@@H](F)C(C)(C)O. The second-order valence-electron chi connectivity index (χ2n) is 2.27. The van der Waals surface area contributed by atoms with Crippen molar-refractivity contribution in [2.24, 2.45) is 0 Å². The molecule has 0 aromatic rings. The maximum Gasteiger partial charge on any atom is 0.125 e. The maximum atomic E-state index is 12.0. The minimum Gasteiger partial charge on any atom is -0.387 e. The summed E-state index contributed by atoms with van der Waals surface area (Å²) in [6.07, 6.45) is -1.15. The average Bonchev–Trinajstić information content (AvgIpc) is 1.31. The van der Waals surface area contributed by atoms with E-state index >= 15 is 0 Å². The second-order valence-corrected chi connectivity index (χ2v) is 2.27. The zero-order valence-corrected chi connectivity index (χ0v) is 4.90. The molecule has 0 radical (unpaired) electrons. The Morgan fingerprint density at radius 3 is 1.71 bits per heavy atom. The maximum absolute atomic E-state index is 12.0. The van der Waals surface area contributed by atoms with E-state index in [0.29, 0.717) is 0 Å². The first-order valence-electron chi connectivity index (χ1n) is 2.31. The van der Waals surface area contributed by atoms with Gasteiger partial charge in [0.1, 0.15) is 6.17 Å². The number of hydrogen-bond acceptors (Lipinski definition) is 1. The van der Waals surface area contributed by atoms with Crippen LogP contribution in [0.1, 0.15) is 20.8 Å². The monoisotopic (exact) mass is 106 g/mol. The molecule has 0 aromatic carbocycles. The van der Waals surface area contributed by atoms with Crippen LogP contribution >= 0.6 is 0 Å². The summed E-state index contributed by atoms with van der Waals surface area (Å²) in [6.45, 7) is 4.22. The van der Waals surface area contributed by atoms with Crippen molar-refractivity contribution in [1.82, 2.24) is 0 Å². The molecule has 2 heteroatoms. The molecular formula is C5H11FO. The fourth-order valence-electron chi connectivity index (χ4n) is 0. The smallest absolute Gasteiger partial charge is 0.125 e. The average molecular weight is 106 g/mol. The first-order valence-corrected chi connectivity index (χ1v) is 2.31. The van der Waals surface area contributed by atoms with E-state index in [2.05, 4.69) is 0 Å². The van der Waals surface area contributed by atoms with E-state index in [1.54, 1.807) is 0 Å². The minimum atomic E-state index is -1.17. The molecule has 1 atom stereocenters. The zero-order valence-electron chi connectivity index (χ0n) is 4.90. The van der Waals surface area contributed by atoms with Gasteiger partial charge in [-0.3, -0.25) is 0 Å². The Morgan fingerprint density at radius 2 is 1.71 bits per heavy atom. The van der Waals surface area contributed by atoms with Crippen LogP contribution in [0.25, 0.3) is 0 Å². The lowest BCUT2D eigenvalue weighted by atomic mass is 10.1. The molecule has 0 saturated heterocycles. The van der Waals surface area contributed by atoms with Crippen LogP contribution in [-0.4, -0.2) is 16.9 Å². The number of aliphatic hydroxyl groups is 1. The molecule has 1 nitrogen and oxygen atoms in total. The van der Waals surface area contributed by atoms with Crippen LogP contribution in [0, 0.1) is 0 Å². The normalized spacial score (nSPS) is 16.7. The summed E-state index contributed by atoms with van der Waals surface area (Å²) in [5.74, 6) is 0. The molecule has 0 spiro atoms. The van der Waals surface area contributed by atoms with Gasteiger partial charge in [0.2, 0.25) is 0 Å². The van der Waals surface area contributed by atoms with E-state index in [1.807, 2.05) is 0 Å². The molecule has 0 unspecified atom stereocenters. The van der Waals surface area contributed by atoms with E-state index < -0.39 is 11.8 Å². The molecule has 0 amide bonds. The van der Waals surface area contributed by atoms with Crippen molar-refractivity contribution in [3.8, 4) is 0 Å². The van der Waals surface area contributed by atoms with Crippen molar-refractivity contribution in [1.29, 1.82) is 0 Å². The molecule has 0 bridgehead atoms. The molecule has 0 aromatic heterocycles. The fourth-order valence-corrected chi connectivity index (χ4v) is 0. The molecule has 0 aliphatic carbocycles. The predicted molar refractivity (Wildman–Crippen MR) is 26.9 cm³/mol. The van der Waals surface area contributed by atoms with Gasteiger partial charge >= 0.3 is 0 Å². The lowest BCUT2D eigenvalue weighted by Crippen LogP contribution is -2.29. The van der Waals surface area contributed by atoms with Gasteiger partial charge in [-0.05, 0) is 20.8 Å². The van der Waals surface area contributed by atoms with Gasteiger partial charge in [0.05, 0.1) is 5.60 Å². The summed E-state index contributed by atoms with van der Waals surface area (Å²) in [7, 11) is 0. The molecule has 0 fully saturated rings. The third kappa shape index (κ3) is 2.57. The largest absolute Gasteiger partial charge is 0.387 e. The number of rotatable bonds is 1. The molecule has 44 valence electrons. The summed E-state index contributed by atoms with van der Waals surface area (Å²) in [4.78, 5) is 0. The van der Waals surface area contributed by atoms with Crippen LogP contribution in [0.15, 0.2) is 0 Å². The van der Waals surface area contributed by atoms with Gasteiger partial charge in [-0.1, -0.05) is 0 Å². The molecule has 0 saturated carbocycles. The van der Waals surface area contributed by atoms with Crippen molar-refractivity contribution in [3.05, 3.63) is 0 Å². The van der Waals surface area contributed by atoms with Crippen LogP contribution < -0.4 is 0 Å². The predicted octanol–water partition coefficient (Wildman–Crippen LogP) is 1.12. The van der Waals surface area contributed by atoms with Gasteiger partial charge in [0, 0.05) is 0 Å². The summed E-state index contributed by atoms with van der Waals surface area (Å²) in [5, 5.41) is 8.72. The van der Waals surface area contributed by atoms with Gasteiger partial charge in [-0.2, -0.15) is 0 Å². The second kappa shape index (κ2) is 1.78. The Kier molecular flexibility index (Phi) is 1.75. The molecule has 0 aliphatic heterocycles. The van der Waals surface area contributed by atoms with Gasteiger partial charge in [0.15, 0.2) is 0 Å². The van der Waals surface area contributed by atoms with Crippen molar-refractivity contribution in [2.45, 2.75) is 32.5 Å². The highest BCUT2D eigenvalue weighted by Crippen LogP contribution is 2.09. The fraction of sp³-hybridized carbons (Fsp3) is 1.00. The third-order valence-electron chi connectivity index (χ3n) is 0.973. The Bertz CT molecular complexity index is 53.6. The molecule has 7 heavy (non-hydrogen) atoms. The summed E-state index contributed by atoms with van der Waals surface area (Å²) >= 11 is 0. The minimum absolute atomic E-state index is 1.15. The van der Waals surface area contributed by atoms with Crippen molar-refractivity contribution < 1.29 is 9.50 Å². The van der Waals surface area contributed by atoms with E-state index in [0.717, 1.165) is 0 Å². The van der Waals surface area contributed by atoms with Crippen molar-refractivity contribution >= 4 is 0 Å². The third-order valence-corrected chi connectivity index (χ3v) is 0.973. The lowest BCUT2D eigenvalue weighted by Gasteiger charge is -2.17. The molecular weight excluding hydrogens is 95.1 g/mol. The number of hydrogen-bond donors (Lipinski definition) is 1. The highest BCUT2D eigenvalue weighted by atomic mass is 19.1. The molecule has 0 aliphatic rings. The molecule has 0 rings (SSSR count). The Labute approximate surface area is 43.2 Å². The Morgan fingerprint density at radius 1 is 1.57 bits per heavy atom. The van der Waals surface area contributed by atoms with Crippen LogP contribution in [-0.2, 0) is 0 Å². The van der Waals surface area contributed by atoms with Crippen molar-refractivity contribution in [2.75, 3.05) is 0 Å². The quantitative estimate of drug-likeness (QED) is 0.531. The first-order chi connectivity index (χ1) is 2.94. The summed E-state index contributed by atoms with van der Waals surface area (Å²) < 4.78 is 12.0. The van der Waals surface area contributed by atoms with E-state index in [-0.39, 0.29) is 0 Å². The standard InChI is InChI=1S/C5H11FO/c1-4(6)5(2,3)7/h4,7H,1-3H3/t4-/m1/s1. The van der Waals surface area contributed by atoms with Crippen LogP contribution in [0.5, 0.6) is 0 Å². The van der Waals surface area contributed by atoms with Gasteiger partial charge in [0.25, 0.3) is 0 Å². The van der Waals surface area contributed by atoms with Crippen molar-refractivity contribution in [3.63, 3.8) is 0 Å². The first kappa shape index (κ1) is 6.89. The van der Waals surface area contributed by atoms with Gasteiger partial charge in [-0.15, -0.1) is 0 Å². The van der Waals surface area contributed by atoms with E-state index in [1.165, 1.54) is 20.8 Å². The Hall–Kier alpha value is -0.110. The Balaban J connectivity index is 3.54. The van der Waals surface area contributed by atoms with E-state index in [9.17, 15) is 4.39 Å². The lowest BCUT2D eigenvalue weighted by molar-refractivity contribution is 0.00578. The van der Waals surface area contributed by atoms with Gasteiger partial charge in [-0.25, -0.2) is 4.39 Å². The highest BCUT2D eigenvalue weighted by Gasteiger charge is 2.20. The zero-order chi connectivity index (χ0) is 6.08. The van der Waals surface area contributed by atoms with Gasteiger partial charge < -0.3 is 5.11 Å². The molecule has 0 heterocycles. The van der Waals surface area contributed by atoms with Crippen LogP contribution in [0.3, 0.4) is 0 Å². The summed E-state index contributed by atoms with van der Waals surface area (Å²) in [5.41, 5.74) is -1.17. The van der Waals surface area contributed by atoms with Crippen LogP contribution in [0.4, 0.5) is 4.39 Å².